The lowest BCUT2D eigenvalue weighted by Gasteiger charge is -2.44. The number of rotatable bonds is 3. The predicted octanol–water partition coefficient (Wildman–Crippen LogP) is 2.50. The number of carbonyl (C=O) groups is 1. The van der Waals surface area contributed by atoms with E-state index in [-0.39, 0.29) is 5.91 Å². The molecule has 8 heteroatoms. The smallest absolute Gasteiger partial charge is 0.250 e. The molecule has 1 saturated heterocycles. The highest BCUT2D eigenvalue weighted by Gasteiger charge is 2.47. The molecule has 2 aliphatic rings. The van der Waals surface area contributed by atoms with Crippen LogP contribution in [0.3, 0.4) is 0 Å². The highest BCUT2D eigenvalue weighted by molar-refractivity contribution is 6.30. The normalized spacial score (nSPS) is 21.8. The molecule has 2 aromatic rings. The SMILES string of the molecule is O=C(N1CCC(O)(c2ccc(Cl)cc2)CC1)C1(n2cnnn2)CCCCC1. The Morgan fingerprint density at radius 3 is 2.30 bits per heavy atom. The molecule has 7 nitrogen and oxygen atoms in total. The molecule has 144 valence electrons. The maximum Gasteiger partial charge on any atom is 0.250 e. The monoisotopic (exact) mass is 389 g/mol. The van der Waals surface area contributed by atoms with Crippen molar-refractivity contribution in [3.8, 4) is 0 Å². The topological polar surface area (TPSA) is 84.1 Å². The quantitative estimate of drug-likeness (QED) is 0.871. The lowest BCUT2D eigenvalue weighted by molar-refractivity contribution is -0.148. The Balaban J connectivity index is 1.51. The van der Waals surface area contributed by atoms with Gasteiger partial charge in [0.15, 0.2) is 0 Å². The highest BCUT2D eigenvalue weighted by atomic mass is 35.5. The Morgan fingerprint density at radius 1 is 1.04 bits per heavy atom. The first kappa shape index (κ1) is 18.4. The zero-order chi connectivity index (χ0) is 18.9. The molecule has 1 amide bonds. The second-order valence-corrected chi connectivity index (χ2v) is 8.11. The first-order valence-corrected chi connectivity index (χ1v) is 9.93. The summed E-state index contributed by atoms with van der Waals surface area (Å²) in [5, 5.41) is 23.3. The van der Waals surface area contributed by atoms with Crippen molar-refractivity contribution < 1.29 is 9.90 Å². The van der Waals surface area contributed by atoms with Gasteiger partial charge in [-0.15, -0.1) is 5.10 Å². The maximum absolute atomic E-state index is 13.5. The average molecular weight is 390 g/mol. The van der Waals surface area contributed by atoms with Gasteiger partial charge < -0.3 is 10.0 Å². The zero-order valence-electron chi connectivity index (χ0n) is 15.2. The second-order valence-electron chi connectivity index (χ2n) is 7.68. The summed E-state index contributed by atoms with van der Waals surface area (Å²) in [6.07, 6.45) is 7.20. The molecule has 0 unspecified atom stereocenters. The number of piperidine rings is 1. The van der Waals surface area contributed by atoms with E-state index in [2.05, 4.69) is 15.5 Å². The average Bonchev–Trinajstić information content (AvgIpc) is 3.24. The molecular weight excluding hydrogens is 366 g/mol. The molecule has 0 bridgehead atoms. The lowest BCUT2D eigenvalue weighted by Crippen LogP contribution is -2.55. The minimum atomic E-state index is -0.921. The first-order chi connectivity index (χ1) is 13.0. The Hall–Kier alpha value is -1.99. The Morgan fingerprint density at radius 2 is 1.70 bits per heavy atom. The lowest BCUT2D eigenvalue weighted by atomic mass is 9.79. The number of aliphatic hydroxyl groups is 1. The van der Waals surface area contributed by atoms with Gasteiger partial charge in [-0.3, -0.25) is 4.79 Å². The Labute approximate surface area is 163 Å². The Kier molecular flexibility index (Phi) is 4.90. The molecular formula is C19H24ClN5O2. The summed E-state index contributed by atoms with van der Waals surface area (Å²) in [4.78, 5) is 15.3. The molecule has 1 saturated carbocycles. The van der Waals surface area contributed by atoms with E-state index in [0.29, 0.717) is 31.0 Å². The van der Waals surface area contributed by atoms with E-state index in [0.717, 1.165) is 37.7 Å². The number of hydrogen-bond donors (Lipinski definition) is 1. The van der Waals surface area contributed by atoms with E-state index >= 15 is 0 Å². The van der Waals surface area contributed by atoms with Crippen LogP contribution < -0.4 is 0 Å². The summed E-state index contributed by atoms with van der Waals surface area (Å²) in [6.45, 7) is 1.03. The third kappa shape index (κ3) is 3.34. The molecule has 27 heavy (non-hydrogen) atoms. The second kappa shape index (κ2) is 7.20. The number of amides is 1. The number of tetrazole rings is 1. The van der Waals surface area contributed by atoms with Crippen molar-refractivity contribution in [1.82, 2.24) is 25.1 Å². The van der Waals surface area contributed by atoms with E-state index in [1.165, 1.54) is 0 Å². The fourth-order valence-corrected chi connectivity index (χ4v) is 4.58. The fraction of sp³-hybridized carbons (Fsp3) is 0.579. The van der Waals surface area contributed by atoms with Gasteiger partial charge in [-0.05, 0) is 53.8 Å². The number of halogens is 1. The van der Waals surface area contributed by atoms with Gasteiger partial charge in [-0.1, -0.05) is 43.0 Å². The van der Waals surface area contributed by atoms with Crippen LogP contribution in [0.25, 0.3) is 0 Å². The number of aromatic nitrogens is 4. The molecule has 1 aliphatic carbocycles. The molecule has 1 aromatic heterocycles. The molecule has 1 aliphatic heterocycles. The van der Waals surface area contributed by atoms with Crippen LogP contribution >= 0.6 is 11.6 Å². The van der Waals surface area contributed by atoms with E-state index in [4.69, 9.17) is 11.6 Å². The zero-order valence-corrected chi connectivity index (χ0v) is 16.0. The largest absolute Gasteiger partial charge is 0.385 e. The van der Waals surface area contributed by atoms with Crippen LogP contribution in [0.2, 0.25) is 5.02 Å². The van der Waals surface area contributed by atoms with Crippen LogP contribution in [0.15, 0.2) is 30.6 Å². The summed E-state index contributed by atoms with van der Waals surface area (Å²) in [5.74, 6) is 0.0765. The van der Waals surface area contributed by atoms with Gasteiger partial charge in [0.25, 0.3) is 5.91 Å². The van der Waals surface area contributed by atoms with E-state index in [1.54, 1.807) is 23.1 Å². The van der Waals surface area contributed by atoms with Crippen molar-refractivity contribution in [2.24, 2.45) is 0 Å². The van der Waals surface area contributed by atoms with Gasteiger partial charge in [0.1, 0.15) is 11.9 Å². The molecule has 1 aromatic carbocycles. The summed E-state index contributed by atoms with van der Waals surface area (Å²) in [6, 6.07) is 7.31. The number of hydrogen-bond acceptors (Lipinski definition) is 5. The number of carbonyl (C=O) groups excluding carboxylic acids is 1. The first-order valence-electron chi connectivity index (χ1n) is 9.55. The highest BCUT2D eigenvalue weighted by Crippen LogP contribution is 2.39. The van der Waals surface area contributed by atoms with E-state index < -0.39 is 11.1 Å². The van der Waals surface area contributed by atoms with Crippen molar-refractivity contribution in [1.29, 1.82) is 0 Å². The van der Waals surface area contributed by atoms with Gasteiger partial charge in [-0.2, -0.15) is 0 Å². The van der Waals surface area contributed by atoms with Gasteiger partial charge in [-0.25, -0.2) is 4.68 Å². The number of benzene rings is 1. The van der Waals surface area contributed by atoms with Crippen LogP contribution in [-0.2, 0) is 15.9 Å². The van der Waals surface area contributed by atoms with Crippen LogP contribution in [0.1, 0.15) is 50.5 Å². The van der Waals surface area contributed by atoms with E-state index in [9.17, 15) is 9.90 Å². The molecule has 0 atom stereocenters. The maximum atomic E-state index is 13.5. The number of likely N-dealkylation sites (tertiary alicyclic amines) is 1. The number of nitrogens with zero attached hydrogens (tertiary/aromatic N) is 5. The van der Waals surface area contributed by atoms with Gasteiger partial charge in [0, 0.05) is 18.1 Å². The minimum absolute atomic E-state index is 0.0765. The van der Waals surface area contributed by atoms with Crippen molar-refractivity contribution >= 4 is 17.5 Å². The Bertz CT molecular complexity index is 779. The van der Waals surface area contributed by atoms with Gasteiger partial charge >= 0.3 is 0 Å². The van der Waals surface area contributed by atoms with Gasteiger partial charge in [0.05, 0.1) is 5.60 Å². The van der Waals surface area contributed by atoms with Crippen LogP contribution in [0.4, 0.5) is 0 Å². The third-order valence-electron chi connectivity index (χ3n) is 6.13. The molecule has 4 rings (SSSR count). The molecule has 0 radical (unpaired) electrons. The molecule has 1 N–H and O–H groups in total. The standard InChI is InChI=1S/C19H24ClN5O2/c20-16-6-4-15(5-7-16)19(27)10-12-24(13-11-19)17(26)18(8-2-1-3-9-18)25-14-21-22-23-25/h4-7,14,27H,1-3,8-13H2. The summed E-state index contributed by atoms with van der Waals surface area (Å²) >= 11 is 5.96. The fourth-order valence-electron chi connectivity index (χ4n) is 4.46. The van der Waals surface area contributed by atoms with Crippen molar-refractivity contribution in [3.05, 3.63) is 41.2 Å². The molecule has 2 fully saturated rings. The van der Waals surface area contributed by atoms with Crippen LogP contribution in [0, 0.1) is 0 Å². The van der Waals surface area contributed by atoms with Gasteiger partial charge in [0.2, 0.25) is 0 Å². The van der Waals surface area contributed by atoms with Crippen molar-refractivity contribution in [3.63, 3.8) is 0 Å². The van der Waals surface area contributed by atoms with Crippen LogP contribution in [0.5, 0.6) is 0 Å². The minimum Gasteiger partial charge on any atom is -0.385 e. The van der Waals surface area contributed by atoms with Crippen molar-refractivity contribution in [2.45, 2.75) is 56.1 Å². The van der Waals surface area contributed by atoms with Crippen LogP contribution in [-0.4, -0.2) is 49.2 Å². The summed E-state index contributed by atoms with van der Waals surface area (Å²) < 4.78 is 1.65. The summed E-state index contributed by atoms with van der Waals surface area (Å²) in [7, 11) is 0. The predicted molar refractivity (Wildman–Crippen MR) is 100 cm³/mol. The van der Waals surface area contributed by atoms with E-state index in [1.807, 2.05) is 17.0 Å². The molecule has 2 heterocycles. The summed E-state index contributed by atoms with van der Waals surface area (Å²) in [5.41, 5.74) is -0.750. The third-order valence-corrected chi connectivity index (χ3v) is 6.38. The van der Waals surface area contributed by atoms with Crippen molar-refractivity contribution in [2.75, 3.05) is 13.1 Å². The molecule has 0 spiro atoms.